The highest BCUT2D eigenvalue weighted by Crippen LogP contribution is 2.31. The summed E-state index contributed by atoms with van der Waals surface area (Å²) in [5.74, 6) is 0. The van der Waals surface area contributed by atoms with Gasteiger partial charge in [-0.2, -0.15) is 9.40 Å². The highest BCUT2D eigenvalue weighted by molar-refractivity contribution is 7.89. The molecule has 3 aromatic carbocycles. The van der Waals surface area contributed by atoms with Crippen molar-refractivity contribution >= 4 is 27.3 Å². The number of anilines is 1. The molecule has 0 radical (unpaired) electrons. The first-order valence-corrected chi connectivity index (χ1v) is 13.0. The van der Waals surface area contributed by atoms with Gasteiger partial charge in [-0.05, 0) is 36.8 Å². The lowest BCUT2D eigenvalue weighted by atomic mass is 10.1. The summed E-state index contributed by atoms with van der Waals surface area (Å²) in [6.07, 6.45) is 1.63. The van der Waals surface area contributed by atoms with Crippen molar-refractivity contribution in [1.29, 1.82) is 0 Å². The highest BCUT2D eigenvalue weighted by Gasteiger charge is 2.33. The number of halogens is 1. The predicted molar refractivity (Wildman–Crippen MR) is 136 cm³/mol. The molecule has 1 fully saturated rings. The monoisotopic (exact) mass is 492 g/mol. The maximum absolute atomic E-state index is 13.8. The van der Waals surface area contributed by atoms with Gasteiger partial charge >= 0.3 is 0 Å². The van der Waals surface area contributed by atoms with Gasteiger partial charge < -0.3 is 4.90 Å². The van der Waals surface area contributed by atoms with Gasteiger partial charge in [-0.25, -0.2) is 13.1 Å². The summed E-state index contributed by atoms with van der Waals surface area (Å²) in [5, 5.41) is 5.36. The van der Waals surface area contributed by atoms with Crippen molar-refractivity contribution in [3.63, 3.8) is 0 Å². The van der Waals surface area contributed by atoms with Crippen molar-refractivity contribution in [1.82, 2.24) is 14.1 Å². The molecule has 1 aliphatic heterocycles. The summed E-state index contributed by atoms with van der Waals surface area (Å²) in [6.45, 7) is 4.00. The lowest BCUT2D eigenvalue weighted by molar-refractivity contribution is 0.385. The smallest absolute Gasteiger partial charge is 0.246 e. The zero-order valence-corrected chi connectivity index (χ0v) is 20.4. The largest absolute Gasteiger partial charge is 0.369 e. The van der Waals surface area contributed by atoms with Gasteiger partial charge in [-0.1, -0.05) is 66.2 Å². The third-order valence-corrected chi connectivity index (χ3v) is 8.25. The van der Waals surface area contributed by atoms with Crippen LogP contribution in [0.1, 0.15) is 5.56 Å². The van der Waals surface area contributed by atoms with Gasteiger partial charge in [-0.3, -0.25) is 0 Å². The standard InChI is InChI=1S/C26H25ClN4O2S/c1-20-12-13-22(27)18-24(20)29-14-16-30(17-15-29)34(32,33)25-19-31(23-10-6-3-7-11-23)28-26(25)21-8-4-2-5-9-21/h2-13,18-19H,14-17H2,1H3. The quantitative estimate of drug-likeness (QED) is 0.393. The molecule has 0 spiro atoms. The molecule has 6 nitrogen and oxygen atoms in total. The van der Waals surface area contributed by atoms with Gasteiger partial charge in [0.05, 0.1) is 11.9 Å². The molecule has 0 N–H and O–H groups in total. The van der Waals surface area contributed by atoms with Crippen LogP contribution < -0.4 is 4.90 Å². The predicted octanol–water partition coefficient (Wildman–Crippen LogP) is 5.01. The molecule has 8 heteroatoms. The minimum Gasteiger partial charge on any atom is -0.369 e. The number of benzene rings is 3. The number of sulfonamides is 1. The maximum Gasteiger partial charge on any atom is 0.246 e. The van der Waals surface area contributed by atoms with E-state index in [0.717, 1.165) is 22.5 Å². The average molecular weight is 493 g/mol. The van der Waals surface area contributed by atoms with Crippen molar-refractivity contribution in [3.05, 3.63) is 95.6 Å². The highest BCUT2D eigenvalue weighted by atomic mass is 35.5. The van der Waals surface area contributed by atoms with Gasteiger partial charge in [0.25, 0.3) is 0 Å². The summed E-state index contributed by atoms with van der Waals surface area (Å²) in [6, 6.07) is 24.8. The molecule has 0 aliphatic carbocycles. The van der Waals surface area contributed by atoms with Gasteiger partial charge in [-0.15, -0.1) is 0 Å². The summed E-state index contributed by atoms with van der Waals surface area (Å²) in [4.78, 5) is 2.41. The maximum atomic E-state index is 13.8. The summed E-state index contributed by atoms with van der Waals surface area (Å²) >= 11 is 6.20. The molecule has 34 heavy (non-hydrogen) atoms. The van der Waals surface area contributed by atoms with Crippen LogP contribution in [0.3, 0.4) is 0 Å². The average Bonchev–Trinajstić information content (AvgIpc) is 3.33. The normalized spacial score (nSPS) is 14.9. The molecule has 4 aromatic rings. The van der Waals surface area contributed by atoms with Crippen molar-refractivity contribution in [2.45, 2.75) is 11.8 Å². The lowest BCUT2D eigenvalue weighted by Gasteiger charge is -2.36. The number of hydrogen-bond donors (Lipinski definition) is 0. The zero-order chi connectivity index (χ0) is 23.7. The van der Waals surface area contributed by atoms with E-state index in [2.05, 4.69) is 10.00 Å². The van der Waals surface area contributed by atoms with Gasteiger partial charge in [0, 0.05) is 42.5 Å². The van der Waals surface area contributed by atoms with Gasteiger partial charge in [0.15, 0.2) is 0 Å². The van der Waals surface area contributed by atoms with E-state index in [1.54, 1.807) is 15.2 Å². The molecule has 1 saturated heterocycles. The van der Waals surface area contributed by atoms with Crippen LogP contribution in [0.5, 0.6) is 0 Å². The summed E-state index contributed by atoms with van der Waals surface area (Å²) in [5.41, 5.74) is 4.20. The summed E-state index contributed by atoms with van der Waals surface area (Å²) < 4.78 is 30.8. The van der Waals surface area contributed by atoms with Gasteiger partial charge in [0.2, 0.25) is 10.0 Å². The number of nitrogens with zero attached hydrogens (tertiary/aromatic N) is 4. The van der Waals surface area contributed by atoms with Crippen molar-refractivity contribution in [3.8, 4) is 16.9 Å². The molecular formula is C26H25ClN4O2S. The minimum atomic E-state index is -3.75. The third-order valence-electron chi connectivity index (χ3n) is 6.12. The van der Waals surface area contributed by atoms with Gasteiger partial charge in [0.1, 0.15) is 10.6 Å². The minimum absolute atomic E-state index is 0.218. The van der Waals surface area contributed by atoms with E-state index in [9.17, 15) is 8.42 Å². The molecule has 5 rings (SSSR count). The Balaban J connectivity index is 1.47. The Morgan fingerprint density at radius 2 is 1.50 bits per heavy atom. The first kappa shape index (κ1) is 22.7. The number of para-hydroxylation sites is 1. The number of rotatable bonds is 5. The number of aryl methyl sites for hydroxylation is 1. The second-order valence-corrected chi connectivity index (χ2v) is 10.7. The Morgan fingerprint density at radius 3 is 2.18 bits per heavy atom. The Morgan fingerprint density at radius 1 is 0.853 bits per heavy atom. The van der Waals surface area contributed by atoms with Crippen LogP contribution in [0.2, 0.25) is 5.02 Å². The number of aromatic nitrogens is 2. The van der Waals surface area contributed by atoms with Crippen LogP contribution in [-0.2, 0) is 10.0 Å². The number of piperazine rings is 1. The molecule has 0 unspecified atom stereocenters. The van der Waals surface area contributed by atoms with Crippen molar-refractivity contribution < 1.29 is 8.42 Å². The van der Waals surface area contributed by atoms with Crippen LogP contribution in [0.4, 0.5) is 5.69 Å². The van der Waals surface area contributed by atoms with E-state index in [1.807, 2.05) is 85.8 Å². The molecule has 2 heterocycles. The van der Waals surface area contributed by atoms with E-state index >= 15 is 0 Å². The van der Waals surface area contributed by atoms with Crippen molar-refractivity contribution in [2.24, 2.45) is 0 Å². The fraction of sp³-hybridized carbons (Fsp3) is 0.192. The van der Waals surface area contributed by atoms with Crippen molar-refractivity contribution in [2.75, 3.05) is 31.1 Å². The molecule has 1 aliphatic rings. The fourth-order valence-electron chi connectivity index (χ4n) is 4.29. The molecule has 1 aromatic heterocycles. The topological polar surface area (TPSA) is 58.4 Å². The lowest BCUT2D eigenvalue weighted by Crippen LogP contribution is -2.48. The molecule has 0 atom stereocenters. The summed E-state index contributed by atoms with van der Waals surface area (Å²) in [7, 11) is -3.75. The van der Waals surface area contributed by atoms with Crippen LogP contribution >= 0.6 is 11.6 Å². The molecule has 0 bridgehead atoms. The SMILES string of the molecule is Cc1ccc(Cl)cc1N1CCN(S(=O)(=O)c2cn(-c3ccccc3)nc2-c2ccccc2)CC1. The third kappa shape index (κ3) is 4.34. The molecule has 0 saturated carbocycles. The Hall–Kier alpha value is -3.13. The molecular weight excluding hydrogens is 468 g/mol. The van der Waals surface area contributed by atoms with E-state index in [-0.39, 0.29) is 4.90 Å². The van der Waals surface area contributed by atoms with Crippen LogP contribution in [0.25, 0.3) is 16.9 Å². The fourth-order valence-corrected chi connectivity index (χ4v) is 6.01. The second kappa shape index (κ2) is 9.25. The Bertz CT molecular complexity index is 1400. The first-order chi connectivity index (χ1) is 16.4. The van der Waals surface area contributed by atoms with E-state index in [0.29, 0.717) is 36.9 Å². The Kier molecular flexibility index (Phi) is 6.16. The van der Waals surface area contributed by atoms with Crippen LogP contribution in [-0.4, -0.2) is 48.7 Å². The van der Waals surface area contributed by atoms with E-state index in [1.165, 1.54) is 0 Å². The number of hydrogen-bond acceptors (Lipinski definition) is 4. The van der Waals surface area contributed by atoms with E-state index < -0.39 is 10.0 Å². The zero-order valence-electron chi connectivity index (χ0n) is 18.8. The Labute approximate surface area is 205 Å². The van der Waals surface area contributed by atoms with Crippen LogP contribution in [0, 0.1) is 6.92 Å². The van der Waals surface area contributed by atoms with Crippen LogP contribution in [0.15, 0.2) is 90.0 Å². The first-order valence-electron chi connectivity index (χ1n) is 11.2. The molecule has 174 valence electrons. The molecule has 0 amide bonds. The second-order valence-electron chi connectivity index (χ2n) is 8.31. The van der Waals surface area contributed by atoms with E-state index in [4.69, 9.17) is 11.6 Å².